The lowest BCUT2D eigenvalue weighted by Gasteiger charge is -2.24. The molecular weight excluding hydrogens is 364 g/mol. The van der Waals surface area contributed by atoms with Crippen LogP contribution in [0.4, 0.5) is 0 Å². The van der Waals surface area contributed by atoms with Gasteiger partial charge in [-0.25, -0.2) is 10.3 Å². The van der Waals surface area contributed by atoms with E-state index in [1.54, 1.807) is 19.2 Å². The number of amides is 1. The number of nitrogens with one attached hydrogen (secondary N) is 2. The summed E-state index contributed by atoms with van der Waals surface area (Å²) in [7, 11) is 2.81. The van der Waals surface area contributed by atoms with Gasteiger partial charge < -0.3 is 19.6 Å². The second-order valence-electron chi connectivity index (χ2n) is 6.62. The van der Waals surface area contributed by atoms with Crippen LogP contribution >= 0.6 is 0 Å². The molecule has 0 saturated carbocycles. The number of hydrogen-bond donors (Lipinski definition) is 3. The number of cyclic esters (lactones) is 1. The maximum Gasteiger partial charge on any atom is 0.347 e. The van der Waals surface area contributed by atoms with Gasteiger partial charge in [0.05, 0.1) is 31.0 Å². The zero-order valence-electron chi connectivity index (χ0n) is 16.1. The zero-order valence-corrected chi connectivity index (χ0v) is 16.1. The molecule has 2 aromatic rings. The summed E-state index contributed by atoms with van der Waals surface area (Å²) >= 11 is 0. The lowest BCUT2D eigenvalue weighted by atomic mass is 9.94. The number of aromatic amines is 1. The van der Waals surface area contributed by atoms with Crippen molar-refractivity contribution in [1.82, 2.24) is 10.5 Å². The van der Waals surface area contributed by atoms with Crippen molar-refractivity contribution in [1.29, 1.82) is 0 Å². The van der Waals surface area contributed by atoms with Crippen LogP contribution in [0.25, 0.3) is 16.5 Å². The summed E-state index contributed by atoms with van der Waals surface area (Å²) in [5.41, 5.74) is 3.04. The van der Waals surface area contributed by atoms with E-state index in [9.17, 15) is 14.7 Å². The van der Waals surface area contributed by atoms with Crippen LogP contribution in [0, 0.1) is 0 Å². The summed E-state index contributed by atoms with van der Waals surface area (Å²) < 4.78 is 10.6. The van der Waals surface area contributed by atoms with E-state index in [1.807, 2.05) is 19.1 Å². The number of ether oxygens (including phenoxy) is 2. The molecule has 1 unspecified atom stereocenters. The first kappa shape index (κ1) is 19.9. The minimum atomic E-state index is -1.90. The Balaban J connectivity index is 2.16. The summed E-state index contributed by atoms with van der Waals surface area (Å²) in [4.78, 5) is 32.7. The van der Waals surface area contributed by atoms with Crippen molar-refractivity contribution in [3.63, 3.8) is 0 Å². The summed E-state index contributed by atoms with van der Waals surface area (Å²) in [6.45, 7) is 2.03. The molecule has 8 nitrogen and oxygen atoms in total. The number of benzene rings is 1. The van der Waals surface area contributed by atoms with E-state index >= 15 is 0 Å². The fourth-order valence-corrected chi connectivity index (χ4v) is 3.47. The third-order valence-electron chi connectivity index (χ3n) is 4.75. The van der Waals surface area contributed by atoms with Crippen LogP contribution in [0.5, 0.6) is 5.75 Å². The smallest absolute Gasteiger partial charge is 0.347 e. The molecule has 3 N–H and O–H groups in total. The number of carbonyl (C=O) groups excluding carboxylic acids is 2. The maximum atomic E-state index is 12.5. The first-order chi connectivity index (χ1) is 13.4. The molecule has 2 heterocycles. The number of esters is 1. The number of methoxy groups -OCH3 is 1. The quantitative estimate of drug-likeness (QED) is 0.277. The van der Waals surface area contributed by atoms with Gasteiger partial charge in [0.1, 0.15) is 11.3 Å². The van der Waals surface area contributed by atoms with Crippen molar-refractivity contribution in [3.05, 3.63) is 35.5 Å². The topological polar surface area (TPSA) is 110 Å². The highest BCUT2D eigenvalue weighted by Gasteiger charge is 2.49. The van der Waals surface area contributed by atoms with Crippen LogP contribution in [0.2, 0.25) is 0 Å². The number of para-hydroxylation sites is 1. The molecule has 150 valence electrons. The minimum absolute atomic E-state index is 0.0985. The standard InChI is InChI=1S/C20H24N2O6/c1-4-5-6-10-20(25)16(15(19(24)28-20)18(23)22-27-3)13-11-12-8-7-9-14(26-2)17(12)21-13/h7-9,11,21,25H,4-6,10H2,1-3H3,(H,22,23). The Hall–Kier alpha value is -2.84. The fraction of sp³-hybridized carbons (Fsp3) is 0.400. The third kappa shape index (κ3) is 3.48. The van der Waals surface area contributed by atoms with Crippen molar-refractivity contribution < 1.29 is 29.0 Å². The molecule has 0 fully saturated rings. The summed E-state index contributed by atoms with van der Waals surface area (Å²) in [6.07, 6.45) is 2.60. The van der Waals surface area contributed by atoms with Crippen molar-refractivity contribution >= 4 is 28.4 Å². The predicted molar refractivity (Wildman–Crippen MR) is 102 cm³/mol. The van der Waals surface area contributed by atoms with Crippen LogP contribution in [0.15, 0.2) is 29.8 Å². The highest BCUT2D eigenvalue weighted by Crippen LogP contribution is 2.42. The zero-order chi connectivity index (χ0) is 20.3. The van der Waals surface area contributed by atoms with E-state index in [-0.39, 0.29) is 17.6 Å². The molecule has 0 saturated heterocycles. The van der Waals surface area contributed by atoms with Crippen LogP contribution in [0.1, 0.15) is 38.3 Å². The maximum absolute atomic E-state index is 12.5. The average molecular weight is 388 g/mol. The number of fused-ring (bicyclic) bond motifs is 1. The van der Waals surface area contributed by atoms with Crippen LogP contribution in [0.3, 0.4) is 0 Å². The molecule has 1 amide bonds. The molecule has 1 aliphatic rings. The highest BCUT2D eigenvalue weighted by molar-refractivity contribution is 6.24. The van der Waals surface area contributed by atoms with E-state index in [0.29, 0.717) is 23.4 Å². The van der Waals surface area contributed by atoms with Gasteiger partial charge in [-0.1, -0.05) is 31.9 Å². The SMILES string of the molecule is CCCCCC1(O)OC(=O)C(C(=O)NOC)=C1c1cc2cccc(OC)c2[nH]1. The average Bonchev–Trinajstić information content (AvgIpc) is 3.19. The monoisotopic (exact) mass is 388 g/mol. The van der Waals surface area contributed by atoms with E-state index in [2.05, 4.69) is 15.3 Å². The third-order valence-corrected chi connectivity index (χ3v) is 4.75. The Morgan fingerprint density at radius 1 is 1.32 bits per heavy atom. The van der Waals surface area contributed by atoms with Gasteiger partial charge in [-0.15, -0.1) is 0 Å². The van der Waals surface area contributed by atoms with Crippen LogP contribution in [-0.4, -0.2) is 42.0 Å². The number of hydrogen-bond acceptors (Lipinski definition) is 6. The summed E-state index contributed by atoms with van der Waals surface area (Å²) in [5, 5.41) is 12.0. The van der Waals surface area contributed by atoms with Gasteiger partial charge in [0.2, 0.25) is 5.79 Å². The van der Waals surface area contributed by atoms with Crippen molar-refractivity contribution in [3.8, 4) is 5.75 Å². The number of unbranched alkanes of at least 4 members (excludes halogenated alkanes) is 2. The first-order valence-electron chi connectivity index (χ1n) is 9.15. The van der Waals surface area contributed by atoms with Gasteiger partial charge in [0.15, 0.2) is 0 Å². The Kier molecular flexibility index (Phi) is 5.71. The Morgan fingerprint density at radius 2 is 2.11 bits per heavy atom. The lowest BCUT2D eigenvalue weighted by Crippen LogP contribution is -2.31. The summed E-state index contributed by atoms with van der Waals surface area (Å²) in [6, 6.07) is 7.23. The highest BCUT2D eigenvalue weighted by atomic mass is 16.7. The molecular formula is C20H24N2O6. The van der Waals surface area contributed by atoms with Gasteiger partial charge in [0, 0.05) is 11.8 Å². The van der Waals surface area contributed by atoms with Crippen LogP contribution < -0.4 is 10.2 Å². The molecule has 28 heavy (non-hydrogen) atoms. The Labute approximate surface area is 162 Å². The van der Waals surface area contributed by atoms with Crippen molar-refractivity contribution in [2.24, 2.45) is 0 Å². The van der Waals surface area contributed by atoms with Crippen molar-refractivity contribution in [2.75, 3.05) is 14.2 Å². The largest absolute Gasteiger partial charge is 0.495 e. The number of aromatic nitrogens is 1. The molecule has 1 atom stereocenters. The number of carbonyl (C=O) groups is 2. The van der Waals surface area contributed by atoms with Crippen LogP contribution in [-0.2, 0) is 19.2 Å². The van der Waals surface area contributed by atoms with E-state index in [4.69, 9.17) is 9.47 Å². The number of H-pyrrole nitrogens is 1. The molecule has 0 spiro atoms. The molecule has 3 rings (SSSR count). The van der Waals surface area contributed by atoms with Gasteiger partial charge in [-0.05, 0) is 18.6 Å². The number of aliphatic hydroxyl groups is 1. The van der Waals surface area contributed by atoms with E-state index in [1.165, 1.54) is 7.11 Å². The second-order valence-corrected chi connectivity index (χ2v) is 6.62. The first-order valence-corrected chi connectivity index (χ1v) is 9.15. The van der Waals surface area contributed by atoms with E-state index < -0.39 is 17.7 Å². The lowest BCUT2D eigenvalue weighted by molar-refractivity contribution is -0.178. The van der Waals surface area contributed by atoms with Gasteiger partial charge in [0.25, 0.3) is 5.91 Å². The number of hydroxylamine groups is 1. The molecule has 1 aromatic carbocycles. The molecule has 8 heteroatoms. The summed E-state index contributed by atoms with van der Waals surface area (Å²) in [5.74, 6) is -2.97. The number of rotatable bonds is 8. The minimum Gasteiger partial charge on any atom is -0.495 e. The molecule has 0 bridgehead atoms. The molecule has 1 aromatic heterocycles. The normalized spacial score (nSPS) is 19.2. The molecule has 0 radical (unpaired) electrons. The van der Waals surface area contributed by atoms with Gasteiger partial charge >= 0.3 is 5.97 Å². The predicted octanol–water partition coefficient (Wildman–Crippen LogP) is 2.43. The van der Waals surface area contributed by atoms with E-state index in [0.717, 1.165) is 18.2 Å². The fourth-order valence-electron chi connectivity index (χ4n) is 3.47. The Morgan fingerprint density at radius 3 is 2.79 bits per heavy atom. The van der Waals surface area contributed by atoms with Crippen molar-refractivity contribution in [2.45, 2.75) is 38.4 Å². The van der Waals surface area contributed by atoms with Gasteiger partial charge in [-0.2, -0.15) is 0 Å². The van der Waals surface area contributed by atoms with Gasteiger partial charge in [-0.3, -0.25) is 9.63 Å². The Bertz CT molecular complexity index is 932. The molecule has 0 aliphatic carbocycles. The molecule has 1 aliphatic heterocycles. The second kappa shape index (κ2) is 8.04.